The van der Waals surface area contributed by atoms with Gasteiger partial charge in [0.05, 0.1) is 35.5 Å². The predicted molar refractivity (Wildman–Crippen MR) is 105 cm³/mol. The maximum atomic E-state index is 12.5. The highest BCUT2D eigenvalue weighted by Crippen LogP contribution is 2.36. The highest BCUT2D eigenvalue weighted by Gasteiger charge is 2.24. The van der Waals surface area contributed by atoms with Crippen LogP contribution in [0.2, 0.25) is 5.02 Å². The van der Waals surface area contributed by atoms with Crippen LogP contribution in [0.1, 0.15) is 6.92 Å². The number of ketones is 1. The van der Waals surface area contributed by atoms with Gasteiger partial charge in [-0.1, -0.05) is 17.7 Å². The second-order valence-corrected chi connectivity index (χ2v) is 6.09. The average molecular weight is 421 g/mol. The number of benzene rings is 2. The Kier molecular flexibility index (Phi) is 7.21. The van der Waals surface area contributed by atoms with Crippen molar-refractivity contribution >= 4 is 40.4 Å². The van der Waals surface area contributed by atoms with E-state index < -0.39 is 22.7 Å². The lowest BCUT2D eigenvalue weighted by Gasteiger charge is -2.14. The third-order valence-electron chi connectivity index (χ3n) is 3.69. The van der Waals surface area contributed by atoms with Crippen molar-refractivity contribution in [1.29, 1.82) is 0 Å². The summed E-state index contributed by atoms with van der Waals surface area (Å²) < 4.78 is 10.3. The minimum atomic E-state index is -1.47. The molecule has 1 N–H and O–H groups in total. The van der Waals surface area contributed by atoms with E-state index in [9.17, 15) is 19.7 Å². The lowest BCUT2D eigenvalue weighted by Crippen LogP contribution is -2.31. The second-order valence-electron chi connectivity index (χ2n) is 5.68. The fourth-order valence-corrected chi connectivity index (χ4v) is 2.46. The monoisotopic (exact) mass is 420 g/mol. The van der Waals surface area contributed by atoms with Gasteiger partial charge in [0.25, 0.3) is 11.6 Å². The van der Waals surface area contributed by atoms with Crippen LogP contribution in [0, 0.1) is 10.1 Å². The Labute approximate surface area is 170 Å². The molecule has 0 spiro atoms. The van der Waals surface area contributed by atoms with Gasteiger partial charge in [0.15, 0.2) is 17.3 Å². The number of nitrogens with zero attached hydrogens (tertiary/aromatic N) is 3. The summed E-state index contributed by atoms with van der Waals surface area (Å²) in [6.07, 6.45) is 0. The van der Waals surface area contributed by atoms with Crippen LogP contribution in [0.4, 0.5) is 17.1 Å². The molecule has 1 amide bonds. The third-order valence-corrected chi connectivity index (χ3v) is 4.01. The first-order valence-corrected chi connectivity index (χ1v) is 8.52. The van der Waals surface area contributed by atoms with Crippen LogP contribution in [0.15, 0.2) is 46.6 Å². The summed E-state index contributed by atoms with van der Waals surface area (Å²) in [6.45, 7) is 1.17. The largest absolute Gasteiger partial charge is 0.493 e. The van der Waals surface area contributed by atoms with E-state index in [4.69, 9.17) is 21.1 Å². The van der Waals surface area contributed by atoms with E-state index in [1.807, 2.05) is 0 Å². The number of halogens is 1. The summed E-state index contributed by atoms with van der Waals surface area (Å²) in [4.78, 5) is 34.6. The maximum Gasteiger partial charge on any atom is 0.271 e. The van der Waals surface area contributed by atoms with Crippen LogP contribution in [0.5, 0.6) is 11.5 Å². The van der Waals surface area contributed by atoms with Crippen LogP contribution in [0.25, 0.3) is 0 Å². The molecule has 152 valence electrons. The number of methoxy groups -OCH3 is 2. The highest BCUT2D eigenvalue weighted by molar-refractivity contribution is 6.34. The zero-order chi connectivity index (χ0) is 21.6. The van der Waals surface area contributed by atoms with Crippen molar-refractivity contribution in [3.8, 4) is 11.5 Å². The number of non-ortho nitro benzene ring substituents is 1. The predicted octanol–water partition coefficient (Wildman–Crippen LogP) is 3.95. The number of azo groups is 1. The lowest BCUT2D eigenvalue weighted by molar-refractivity contribution is -0.384. The van der Waals surface area contributed by atoms with Crippen LogP contribution in [-0.2, 0) is 9.59 Å². The number of nitro benzene ring substituents is 1. The van der Waals surface area contributed by atoms with Crippen molar-refractivity contribution in [2.45, 2.75) is 13.0 Å². The molecule has 11 heteroatoms. The van der Waals surface area contributed by atoms with Crippen molar-refractivity contribution in [2.75, 3.05) is 19.5 Å². The van der Waals surface area contributed by atoms with Crippen molar-refractivity contribution in [3.05, 3.63) is 51.5 Å². The Hall–Kier alpha value is -3.53. The molecular weight excluding hydrogens is 404 g/mol. The molecule has 29 heavy (non-hydrogen) atoms. The van der Waals surface area contributed by atoms with E-state index in [2.05, 4.69) is 15.5 Å². The first kappa shape index (κ1) is 21.8. The van der Waals surface area contributed by atoms with Gasteiger partial charge in [0, 0.05) is 24.3 Å². The smallest absolute Gasteiger partial charge is 0.271 e. The highest BCUT2D eigenvalue weighted by atomic mass is 35.5. The number of nitro groups is 1. The number of hydrogen-bond donors (Lipinski definition) is 1. The van der Waals surface area contributed by atoms with E-state index >= 15 is 0 Å². The van der Waals surface area contributed by atoms with Gasteiger partial charge in [0.1, 0.15) is 0 Å². The number of hydrogen-bond acceptors (Lipinski definition) is 8. The molecule has 0 aliphatic rings. The van der Waals surface area contributed by atoms with Crippen molar-refractivity contribution < 1.29 is 24.0 Å². The molecule has 10 nitrogen and oxygen atoms in total. The van der Waals surface area contributed by atoms with E-state index in [-0.39, 0.29) is 22.1 Å². The van der Waals surface area contributed by atoms with Crippen molar-refractivity contribution in [3.63, 3.8) is 0 Å². The van der Waals surface area contributed by atoms with Gasteiger partial charge >= 0.3 is 0 Å². The number of amides is 1. The van der Waals surface area contributed by atoms with Crippen molar-refractivity contribution in [2.24, 2.45) is 10.2 Å². The van der Waals surface area contributed by atoms with Gasteiger partial charge in [-0.15, -0.1) is 0 Å². The van der Waals surface area contributed by atoms with Gasteiger partial charge in [-0.25, -0.2) is 0 Å². The quantitative estimate of drug-likeness (QED) is 0.297. The molecule has 2 aromatic rings. The number of nitrogens with one attached hydrogen (secondary N) is 1. The number of ether oxygens (including phenoxy) is 2. The molecule has 0 radical (unpaired) electrons. The summed E-state index contributed by atoms with van der Waals surface area (Å²) in [6, 6.07) is 6.74. The van der Waals surface area contributed by atoms with Crippen molar-refractivity contribution in [1.82, 2.24) is 0 Å². The van der Waals surface area contributed by atoms with Gasteiger partial charge in [-0.3, -0.25) is 19.7 Å². The first-order valence-electron chi connectivity index (χ1n) is 8.15. The topological polar surface area (TPSA) is 132 Å². The molecule has 0 bridgehead atoms. The first-order chi connectivity index (χ1) is 13.8. The molecular formula is C18H17ClN4O6. The van der Waals surface area contributed by atoms with E-state index in [0.29, 0.717) is 11.5 Å². The van der Waals surface area contributed by atoms with Crippen LogP contribution in [0.3, 0.4) is 0 Å². The maximum absolute atomic E-state index is 12.5. The average Bonchev–Trinajstić information content (AvgIpc) is 2.69. The fraction of sp³-hybridized carbons (Fsp3) is 0.222. The van der Waals surface area contributed by atoms with Gasteiger partial charge in [-0.2, -0.15) is 10.2 Å². The zero-order valence-corrected chi connectivity index (χ0v) is 16.5. The van der Waals surface area contributed by atoms with Gasteiger partial charge in [0.2, 0.25) is 6.04 Å². The van der Waals surface area contributed by atoms with E-state index in [1.165, 1.54) is 57.5 Å². The molecule has 0 heterocycles. The van der Waals surface area contributed by atoms with Crippen LogP contribution < -0.4 is 14.8 Å². The number of anilines is 1. The molecule has 0 aliphatic carbocycles. The Morgan fingerprint density at radius 1 is 1.17 bits per heavy atom. The van der Waals surface area contributed by atoms with E-state index in [0.717, 1.165) is 0 Å². The van der Waals surface area contributed by atoms with Crippen LogP contribution >= 0.6 is 11.6 Å². The number of Topliss-reactive ketones (excluding diaryl/α,β-unsaturated/α-hetero) is 1. The number of rotatable bonds is 8. The standard InChI is InChI=1S/C18H17ClN4O6/c1-10(24)17(22-21-11-5-4-6-12(7-11)23(26)27)18(25)20-14-9-16(29-3)15(28-2)8-13(14)19/h4-9,17H,1-3H3,(H,20,25). The molecule has 0 aliphatic heterocycles. The molecule has 1 atom stereocenters. The number of carbonyl (C=O) groups is 2. The van der Waals surface area contributed by atoms with E-state index in [1.54, 1.807) is 0 Å². The summed E-state index contributed by atoms with van der Waals surface area (Å²) in [5.41, 5.74) is 0.121. The fourth-order valence-electron chi connectivity index (χ4n) is 2.26. The Bertz CT molecular complexity index is 979. The lowest BCUT2D eigenvalue weighted by atomic mass is 10.2. The van der Waals surface area contributed by atoms with Gasteiger partial charge in [-0.05, 0) is 13.0 Å². The molecule has 0 fully saturated rings. The SMILES string of the molecule is COc1cc(Cl)c(NC(=O)C(N=Nc2cccc([N+](=O)[O-])c2)C(C)=O)cc1OC. The normalized spacial score (nSPS) is 11.7. The molecule has 0 saturated carbocycles. The summed E-state index contributed by atoms with van der Waals surface area (Å²) in [5.74, 6) is -0.664. The van der Waals surface area contributed by atoms with Gasteiger partial charge < -0.3 is 14.8 Å². The Balaban J connectivity index is 2.25. The molecule has 0 aromatic heterocycles. The molecule has 0 saturated heterocycles. The summed E-state index contributed by atoms with van der Waals surface area (Å²) >= 11 is 6.13. The Morgan fingerprint density at radius 2 is 1.83 bits per heavy atom. The summed E-state index contributed by atoms with van der Waals surface area (Å²) in [7, 11) is 2.86. The zero-order valence-electron chi connectivity index (χ0n) is 15.7. The number of carbonyl (C=O) groups excluding carboxylic acids is 2. The minimum absolute atomic E-state index is 0.127. The molecule has 2 aromatic carbocycles. The Morgan fingerprint density at radius 3 is 2.41 bits per heavy atom. The second kappa shape index (κ2) is 9.60. The molecule has 2 rings (SSSR count). The molecule has 1 unspecified atom stereocenters. The van der Waals surface area contributed by atoms with Crippen LogP contribution in [-0.4, -0.2) is 36.9 Å². The summed E-state index contributed by atoms with van der Waals surface area (Å²) in [5, 5.41) is 21.0. The third kappa shape index (κ3) is 5.48. The minimum Gasteiger partial charge on any atom is -0.493 e.